The van der Waals surface area contributed by atoms with Gasteiger partial charge < -0.3 is 5.11 Å². The van der Waals surface area contributed by atoms with Crippen LogP contribution in [0, 0.1) is 5.92 Å². The first-order chi connectivity index (χ1) is 3.75. The van der Waals surface area contributed by atoms with E-state index in [1.165, 1.54) is 0 Å². The number of carboxylic acids is 1. The molecule has 3 heteroatoms. The summed E-state index contributed by atoms with van der Waals surface area (Å²) in [5.41, 5.74) is 0. The monoisotopic (exact) mass is 132 g/mol. The lowest BCUT2D eigenvalue weighted by Crippen LogP contribution is -1.99. The summed E-state index contributed by atoms with van der Waals surface area (Å²) in [5.74, 6) is -0.672. The summed E-state index contributed by atoms with van der Waals surface area (Å²) in [4.78, 5) is 10.1. The van der Waals surface area contributed by atoms with Crippen molar-refractivity contribution in [3.63, 3.8) is 0 Å². The van der Waals surface area contributed by atoms with Crippen molar-refractivity contribution in [1.29, 1.82) is 0 Å². The Morgan fingerprint density at radius 1 is 1.88 bits per heavy atom. The molecule has 0 bridgehead atoms. The Kier molecular flexibility index (Phi) is 1.47. The maximum Gasteiger partial charge on any atom is 0.307 e. The van der Waals surface area contributed by atoms with Gasteiger partial charge in [-0.05, 0) is 12.7 Å². The van der Waals surface area contributed by atoms with Crippen LogP contribution in [0.2, 0.25) is 0 Å². The van der Waals surface area contributed by atoms with Crippen molar-refractivity contribution in [2.45, 2.75) is 11.7 Å². The van der Waals surface area contributed by atoms with Crippen LogP contribution in [0.1, 0.15) is 6.42 Å². The highest BCUT2D eigenvalue weighted by Gasteiger charge is 2.42. The van der Waals surface area contributed by atoms with Crippen LogP contribution in [0.15, 0.2) is 0 Å². The maximum atomic E-state index is 10.1. The van der Waals surface area contributed by atoms with Crippen molar-refractivity contribution in [3.8, 4) is 0 Å². The van der Waals surface area contributed by atoms with Gasteiger partial charge in [0.2, 0.25) is 0 Å². The number of aliphatic carboxylic acids is 1. The maximum absolute atomic E-state index is 10.1. The summed E-state index contributed by atoms with van der Waals surface area (Å²) in [7, 11) is 0. The van der Waals surface area contributed by atoms with Gasteiger partial charge in [-0.2, -0.15) is 11.8 Å². The Hall–Kier alpha value is -0.180. The van der Waals surface area contributed by atoms with Crippen LogP contribution >= 0.6 is 11.8 Å². The van der Waals surface area contributed by atoms with Crippen LogP contribution in [-0.4, -0.2) is 22.6 Å². The largest absolute Gasteiger partial charge is 0.481 e. The number of thioether (sulfide) groups is 1. The molecule has 2 nitrogen and oxygen atoms in total. The molecule has 1 aliphatic rings. The van der Waals surface area contributed by atoms with E-state index in [-0.39, 0.29) is 5.92 Å². The highest BCUT2D eigenvalue weighted by atomic mass is 32.2. The zero-order valence-electron chi connectivity index (χ0n) is 4.63. The molecule has 1 fully saturated rings. The SMILES string of the molecule is CS[C@H]1CC1C(=O)O. The van der Waals surface area contributed by atoms with Gasteiger partial charge in [-0.15, -0.1) is 0 Å². The lowest BCUT2D eigenvalue weighted by atomic mass is 10.4. The predicted octanol–water partition coefficient (Wildman–Crippen LogP) is 0.823. The lowest BCUT2D eigenvalue weighted by molar-refractivity contribution is -0.138. The number of carbonyl (C=O) groups is 1. The Balaban J connectivity index is 2.26. The highest BCUT2D eigenvalue weighted by molar-refractivity contribution is 7.99. The summed E-state index contributed by atoms with van der Waals surface area (Å²) in [6, 6.07) is 0. The first kappa shape index (κ1) is 5.95. The van der Waals surface area contributed by atoms with Crippen molar-refractivity contribution in [1.82, 2.24) is 0 Å². The predicted molar refractivity (Wildman–Crippen MR) is 33.0 cm³/mol. The Labute approximate surface area is 52.3 Å². The summed E-state index contributed by atoms with van der Waals surface area (Å²) in [6.07, 6.45) is 2.82. The molecule has 0 radical (unpaired) electrons. The number of hydrogen-bond acceptors (Lipinski definition) is 2. The fourth-order valence-electron chi connectivity index (χ4n) is 0.692. The van der Waals surface area contributed by atoms with Gasteiger partial charge in [0.15, 0.2) is 0 Å². The zero-order valence-corrected chi connectivity index (χ0v) is 5.44. The number of carboxylic acid groups (broad SMARTS) is 1. The van der Waals surface area contributed by atoms with E-state index in [0.29, 0.717) is 5.25 Å². The van der Waals surface area contributed by atoms with Gasteiger partial charge in [-0.1, -0.05) is 0 Å². The minimum atomic E-state index is -0.635. The minimum Gasteiger partial charge on any atom is -0.481 e. The quantitative estimate of drug-likeness (QED) is 0.604. The van der Waals surface area contributed by atoms with Crippen LogP contribution in [-0.2, 0) is 4.79 Å². The molecule has 2 atom stereocenters. The molecular formula is C5H8O2S. The minimum absolute atomic E-state index is 0.0370. The molecule has 1 aliphatic carbocycles. The second-order valence-electron chi connectivity index (χ2n) is 1.95. The Morgan fingerprint density at radius 3 is 2.62 bits per heavy atom. The molecule has 1 saturated carbocycles. The molecular weight excluding hydrogens is 124 g/mol. The topological polar surface area (TPSA) is 37.3 Å². The average Bonchev–Trinajstić information content (AvgIpc) is 2.42. The third-order valence-corrected chi connectivity index (χ3v) is 2.48. The summed E-state index contributed by atoms with van der Waals surface area (Å²) < 4.78 is 0. The molecule has 8 heavy (non-hydrogen) atoms. The highest BCUT2D eigenvalue weighted by Crippen LogP contribution is 2.40. The second kappa shape index (κ2) is 1.97. The standard InChI is InChI=1S/C5H8O2S/c1-8-4-2-3(4)5(6)7/h3-4H,2H2,1H3,(H,6,7)/t3?,4-/m0/s1. The van der Waals surface area contributed by atoms with Gasteiger partial charge >= 0.3 is 5.97 Å². The van der Waals surface area contributed by atoms with Crippen LogP contribution in [0.4, 0.5) is 0 Å². The van der Waals surface area contributed by atoms with Gasteiger partial charge in [0.25, 0.3) is 0 Å². The fourth-order valence-corrected chi connectivity index (χ4v) is 1.54. The van der Waals surface area contributed by atoms with E-state index in [4.69, 9.17) is 5.11 Å². The normalized spacial score (nSPS) is 34.6. The van der Waals surface area contributed by atoms with E-state index >= 15 is 0 Å². The lowest BCUT2D eigenvalue weighted by Gasteiger charge is -1.85. The molecule has 0 aromatic heterocycles. The molecule has 0 spiro atoms. The Morgan fingerprint density at radius 2 is 2.50 bits per heavy atom. The van der Waals surface area contributed by atoms with E-state index in [1.54, 1.807) is 11.8 Å². The first-order valence-electron chi connectivity index (χ1n) is 2.51. The molecule has 1 N–H and O–H groups in total. The van der Waals surface area contributed by atoms with Gasteiger partial charge in [0.05, 0.1) is 5.92 Å². The second-order valence-corrected chi connectivity index (χ2v) is 3.03. The van der Waals surface area contributed by atoms with Crippen molar-refractivity contribution in [2.75, 3.05) is 6.26 Å². The zero-order chi connectivity index (χ0) is 6.15. The molecule has 0 aromatic rings. The first-order valence-corrected chi connectivity index (χ1v) is 3.80. The third-order valence-electron chi connectivity index (χ3n) is 1.35. The smallest absolute Gasteiger partial charge is 0.307 e. The van der Waals surface area contributed by atoms with E-state index in [1.807, 2.05) is 6.26 Å². The van der Waals surface area contributed by atoms with Gasteiger partial charge in [0, 0.05) is 5.25 Å². The molecule has 46 valence electrons. The molecule has 0 heterocycles. The van der Waals surface area contributed by atoms with Crippen molar-refractivity contribution in [2.24, 2.45) is 5.92 Å². The van der Waals surface area contributed by atoms with Crippen molar-refractivity contribution >= 4 is 17.7 Å². The van der Waals surface area contributed by atoms with Crippen molar-refractivity contribution in [3.05, 3.63) is 0 Å². The van der Waals surface area contributed by atoms with Crippen molar-refractivity contribution < 1.29 is 9.90 Å². The van der Waals surface area contributed by atoms with E-state index < -0.39 is 5.97 Å². The van der Waals surface area contributed by atoms with Crippen LogP contribution in [0.5, 0.6) is 0 Å². The molecule has 0 aromatic carbocycles. The van der Waals surface area contributed by atoms with Gasteiger partial charge in [-0.25, -0.2) is 0 Å². The van der Waals surface area contributed by atoms with Crippen LogP contribution < -0.4 is 0 Å². The summed E-state index contributed by atoms with van der Waals surface area (Å²) >= 11 is 1.65. The van der Waals surface area contributed by atoms with E-state index in [0.717, 1.165) is 6.42 Å². The van der Waals surface area contributed by atoms with E-state index in [9.17, 15) is 4.79 Å². The molecule has 0 saturated heterocycles. The van der Waals surface area contributed by atoms with E-state index in [2.05, 4.69) is 0 Å². The molecule has 1 unspecified atom stereocenters. The van der Waals surface area contributed by atoms with Gasteiger partial charge in [0.1, 0.15) is 0 Å². The summed E-state index contributed by atoms with van der Waals surface area (Å²) in [5, 5.41) is 8.75. The number of hydrogen-bond donors (Lipinski definition) is 1. The summed E-state index contributed by atoms with van der Waals surface area (Å²) in [6.45, 7) is 0. The van der Waals surface area contributed by atoms with Gasteiger partial charge in [-0.3, -0.25) is 4.79 Å². The third kappa shape index (κ3) is 0.968. The van der Waals surface area contributed by atoms with Crippen LogP contribution in [0.3, 0.4) is 0 Å². The fraction of sp³-hybridized carbons (Fsp3) is 0.800. The average molecular weight is 132 g/mol. The molecule has 0 aliphatic heterocycles. The van der Waals surface area contributed by atoms with Crippen LogP contribution in [0.25, 0.3) is 0 Å². The molecule has 1 rings (SSSR count). The molecule has 0 amide bonds. The number of rotatable bonds is 2. The Bertz CT molecular complexity index is 113.